The third-order valence-corrected chi connectivity index (χ3v) is 3.67. The van der Waals surface area contributed by atoms with Gasteiger partial charge in [0.25, 0.3) is 0 Å². The van der Waals surface area contributed by atoms with Crippen LogP contribution >= 0.6 is 0 Å². The Morgan fingerprint density at radius 2 is 2.35 bits per heavy atom. The van der Waals surface area contributed by atoms with E-state index in [9.17, 15) is 4.79 Å². The van der Waals surface area contributed by atoms with Gasteiger partial charge in [0.15, 0.2) is 0 Å². The number of H-pyrrole nitrogens is 1. The molecule has 0 fully saturated rings. The molecule has 0 saturated carbocycles. The van der Waals surface area contributed by atoms with Gasteiger partial charge < -0.3 is 19.8 Å². The van der Waals surface area contributed by atoms with Gasteiger partial charge in [-0.05, 0) is 25.0 Å². The van der Waals surface area contributed by atoms with Gasteiger partial charge in [0.05, 0.1) is 18.6 Å². The maximum absolute atomic E-state index is 12.1. The second kappa shape index (κ2) is 5.50. The molecule has 0 aromatic carbocycles. The van der Waals surface area contributed by atoms with Crippen molar-refractivity contribution in [1.29, 1.82) is 0 Å². The Bertz CT molecular complexity index is 602. The molecule has 0 aliphatic heterocycles. The zero-order valence-corrected chi connectivity index (χ0v) is 11.1. The molecular weight excluding hydrogens is 258 g/mol. The number of fused-ring (bicyclic) bond motifs is 1. The van der Waals surface area contributed by atoms with E-state index in [0.717, 1.165) is 24.2 Å². The molecule has 6 heteroatoms. The van der Waals surface area contributed by atoms with Crippen molar-refractivity contribution in [2.24, 2.45) is 5.92 Å². The number of aliphatic hydroxyl groups excluding tert-OH is 1. The molecule has 20 heavy (non-hydrogen) atoms. The molecule has 1 amide bonds. The Hall–Kier alpha value is -2.08. The molecule has 2 aromatic heterocycles. The molecule has 0 saturated heterocycles. The fourth-order valence-corrected chi connectivity index (χ4v) is 2.55. The minimum absolute atomic E-state index is 0.0183. The maximum Gasteiger partial charge on any atom is 0.223 e. The molecule has 6 nitrogen and oxygen atoms in total. The van der Waals surface area contributed by atoms with Gasteiger partial charge in [-0.2, -0.15) is 0 Å². The zero-order chi connectivity index (χ0) is 13.9. The summed E-state index contributed by atoms with van der Waals surface area (Å²) in [6.07, 6.45) is 4.06. The number of hydrogen-bond acceptors (Lipinski definition) is 4. The quantitative estimate of drug-likeness (QED) is 0.773. The fraction of sp³-hybridized carbons (Fsp3) is 0.429. The van der Waals surface area contributed by atoms with Gasteiger partial charge in [-0.15, -0.1) is 0 Å². The number of aromatic nitrogens is 2. The number of rotatable bonds is 4. The number of imidazole rings is 1. The SMILES string of the molecule is O=C(NCc1ccc(CO)o1)C1CCc2nc[nH]c2C1. The summed E-state index contributed by atoms with van der Waals surface area (Å²) >= 11 is 0. The third kappa shape index (κ3) is 2.60. The van der Waals surface area contributed by atoms with Crippen LogP contribution in [0.25, 0.3) is 0 Å². The van der Waals surface area contributed by atoms with E-state index in [-0.39, 0.29) is 18.4 Å². The smallest absolute Gasteiger partial charge is 0.223 e. The lowest BCUT2D eigenvalue weighted by atomic mass is 9.89. The first-order valence-corrected chi connectivity index (χ1v) is 6.73. The molecule has 1 atom stereocenters. The van der Waals surface area contributed by atoms with Crippen molar-refractivity contribution in [2.75, 3.05) is 0 Å². The van der Waals surface area contributed by atoms with Crippen molar-refractivity contribution >= 4 is 5.91 Å². The molecular formula is C14H17N3O3. The fourth-order valence-electron chi connectivity index (χ4n) is 2.55. The highest BCUT2D eigenvalue weighted by molar-refractivity contribution is 5.79. The average Bonchev–Trinajstić information content (AvgIpc) is 3.12. The van der Waals surface area contributed by atoms with Crippen LogP contribution < -0.4 is 5.32 Å². The van der Waals surface area contributed by atoms with Crippen LogP contribution in [0.15, 0.2) is 22.9 Å². The predicted molar refractivity (Wildman–Crippen MR) is 70.6 cm³/mol. The van der Waals surface area contributed by atoms with Crippen LogP contribution in [-0.4, -0.2) is 21.0 Å². The van der Waals surface area contributed by atoms with Crippen LogP contribution in [0.3, 0.4) is 0 Å². The number of aryl methyl sites for hydroxylation is 1. The van der Waals surface area contributed by atoms with E-state index in [0.29, 0.717) is 24.5 Å². The van der Waals surface area contributed by atoms with Crippen molar-refractivity contribution in [3.63, 3.8) is 0 Å². The summed E-state index contributed by atoms with van der Waals surface area (Å²) in [4.78, 5) is 19.5. The largest absolute Gasteiger partial charge is 0.462 e. The summed E-state index contributed by atoms with van der Waals surface area (Å²) in [5, 5.41) is 11.8. The maximum atomic E-state index is 12.1. The number of carbonyl (C=O) groups is 1. The van der Waals surface area contributed by atoms with Gasteiger partial charge in [-0.1, -0.05) is 0 Å². The van der Waals surface area contributed by atoms with Crippen molar-refractivity contribution in [3.8, 4) is 0 Å². The molecule has 0 spiro atoms. The van der Waals surface area contributed by atoms with E-state index in [1.165, 1.54) is 0 Å². The first-order chi connectivity index (χ1) is 9.76. The lowest BCUT2D eigenvalue weighted by Crippen LogP contribution is -2.33. The molecule has 1 aliphatic carbocycles. The normalized spacial score (nSPS) is 17.8. The Morgan fingerprint density at radius 3 is 3.15 bits per heavy atom. The lowest BCUT2D eigenvalue weighted by molar-refractivity contribution is -0.125. The van der Waals surface area contributed by atoms with E-state index in [2.05, 4.69) is 15.3 Å². The molecule has 3 rings (SSSR count). The monoisotopic (exact) mass is 275 g/mol. The van der Waals surface area contributed by atoms with E-state index in [4.69, 9.17) is 9.52 Å². The summed E-state index contributed by atoms with van der Waals surface area (Å²) in [5.74, 6) is 1.18. The van der Waals surface area contributed by atoms with Crippen molar-refractivity contribution in [2.45, 2.75) is 32.4 Å². The molecule has 0 radical (unpaired) electrons. The Morgan fingerprint density at radius 1 is 1.50 bits per heavy atom. The van der Waals surface area contributed by atoms with Crippen molar-refractivity contribution in [3.05, 3.63) is 41.4 Å². The highest BCUT2D eigenvalue weighted by Gasteiger charge is 2.26. The Labute approximate surface area is 116 Å². The lowest BCUT2D eigenvalue weighted by Gasteiger charge is -2.20. The summed E-state index contributed by atoms with van der Waals surface area (Å²) in [6, 6.07) is 3.47. The molecule has 106 valence electrons. The minimum Gasteiger partial charge on any atom is -0.462 e. The predicted octanol–water partition coefficient (Wildman–Crippen LogP) is 0.916. The summed E-state index contributed by atoms with van der Waals surface area (Å²) in [6.45, 7) is 0.227. The first-order valence-electron chi connectivity index (χ1n) is 6.73. The number of aliphatic hydroxyl groups is 1. The average molecular weight is 275 g/mol. The number of amides is 1. The molecule has 3 N–H and O–H groups in total. The van der Waals surface area contributed by atoms with Gasteiger partial charge in [-0.3, -0.25) is 4.79 Å². The molecule has 2 heterocycles. The van der Waals surface area contributed by atoms with Gasteiger partial charge in [0.2, 0.25) is 5.91 Å². The van der Waals surface area contributed by atoms with Gasteiger partial charge in [-0.25, -0.2) is 4.98 Å². The number of aromatic amines is 1. The second-order valence-corrected chi connectivity index (χ2v) is 5.01. The van der Waals surface area contributed by atoms with Crippen LogP contribution in [0, 0.1) is 5.92 Å². The minimum atomic E-state index is -0.126. The second-order valence-electron chi connectivity index (χ2n) is 5.01. The molecule has 1 aliphatic rings. The van der Waals surface area contributed by atoms with Crippen LogP contribution in [0.1, 0.15) is 29.3 Å². The van der Waals surface area contributed by atoms with Gasteiger partial charge >= 0.3 is 0 Å². The van der Waals surface area contributed by atoms with Crippen LogP contribution in [0.4, 0.5) is 0 Å². The van der Waals surface area contributed by atoms with Crippen LogP contribution in [-0.2, 0) is 30.8 Å². The topological polar surface area (TPSA) is 91.2 Å². The van der Waals surface area contributed by atoms with E-state index in [1.54, 1.807) is 18.5 Å². The number of hydrogen-bond donors (Lipinski definition) is 3. The van der Waals surface area contributed by atoms with Gasteiger partial charge in [0, 0.05) is 18.0 Å². The summed E-state index contributed by atoms with van der Waals surface area (Å²) in [5.41, 5.74) is 2.14. The summed E-state index contributed by atoms with van der Waals surface area (Å²) < 4.78 is 5.33. The van der Waals surface area contributed by atoms with Crippen LogP contribution in [0.5, 0.6) is 0 Å². The van der Waals surface area contributed by atoms with E-state index >= 15 is 0 Å². The number of nitrogens with one attached hydrogen (secondary N) is 2. The van der Waals surface area contributed by atoms with Gasteiger partial charge in [0.1, 0.15) is 18.1 Å². The highest BCUT2D eigenvalue weighted by Crippen LogP contribution is 2.23. The molecule has 2 aromatic rings. The zero-order valence-electron chi connectivity index (χ0n) is 11.1. The highest BCUT2D eigenvalue weighted by atomic mass is 16.4. The van der Waals surface area contributed by atoms with Crippen molar-refractivity contribution in [1.82, 2.24) is 15.3 Å². The summed E-state index contributed by atoms with van der Waals surface area (Å²) in [7, 11) is 0. The van der Waals surface area contributed by atoms with E-state index in [1.807, 2.05) is 0 Å². The number of furan rings is 1. The number of carbonyl (C=O) groups excluding carboxylic acids is 1. The third-order valence-electron chi connectivity index (χ3n) is 3.67. The molecule has 1 unspecified atom stereocenters. The number of nitrogens with zero attached hydrogens (tertiary/aromatic N) is 1. The standard InChI is InChI=1S/C14H17N3O3/c18-7-11-3-2-10(20-11)6-15-14(19)9-1-4-12-13(5-9)17-8-16-12/h2-3,8-9,18H,1,4-7H2,(H,15,19)(H,16,17). The first kappa shape index (κ1) is 12.9. The van der Waals surface area contributed by atoms with Crippen molar-refractivity contribution < 1.29 is 14.3 Å². The molecule has 0 bridgehead atoms. The Balaban J connectivity index is 1.55. The Kier molecular flexibility index (Phi) is 3.56. The van der Waals surface area contributed by atoms with E-state index < -0.39 is 0 Å². The van der Waals surface area contributed by atoms with Crippen LogP contribution in [0.2, 0.25) is 0 Å².